The van der Waals surface area contributed by atoms with Crippen molar-refractivity contribution in [3.63, 3.8) is 0 Å². The van der Waals surface area contributed by atoms with Gasteiger partial charge in [-0.25, -0.2) is 4.39 Å². The average molecular weight is 193 g/mol. The van der Waals surface area contributed by atoms with Crippen molar-refractivity contribution >= 4 is 0 Å². The Kier molecular flexibility index (Phi) is 3.14. The van der Waals surface area contributed by atoms with E-state index in [0.717, 1.165) is 19.5 Å². The number of rotatable bonds is 1. The third kappa shape index (κ3) is 2.32. The number of hydrogen-bond acceptors (Lipinski definition) is 1. The molecule has 1 nitrogen and oxygen atoms in total. The van der Waals surface area contributed by atoms with E-state index in [4.69, 9.17) is 0 Å². The molecule has 1 aliphatic carbocycles. The van der Waals surface area contributed by atoms with E-state index in [1.807, 2.05) is 12.2 Å². The SMILES string of the molecule is FC1=CC=C(C2CCNCC2)CC=C1. The molecule has 0 amide bonds. The molecule has 1 saturated heterocycles. The molecule has 1 N–H and O–H groups in total. The quantitative estimate of drug-likeness (QED) is 0.675. The average Bonchev–Trinajstić information content (AvgIpc) is 2.44. The topological polar surface area (TPSA) is 12.0 Å². The fourth-order valence-electron chi connectivity index (χ4n) is 2.11. The Morgan fingerprint density at radius 2 is 2.00 bits per heavy atom. The lowest BCUT2D eigenvalue weighted by Gasteiger charge is -2.24. The minimum Gasteiger partial charge on any atom is -0.317 e. The second-order valence-electron chi connectivity index (χ2n) is 3.92. The molecule has 2 aliphatic rings. The summed E-state index contributed by atoms with van der Waals surface area (Å²) in [5, 5.41) is 3.34. The highest BCUT2D eigenvalue weighted by Gasteiger charge is 2.16. The van der Waals surface area contributed by atoms with Crippen LogP contribution in [0.25, 0.3) is 0 Å². The van der Waals surface area contributed by atoms with Crippen LogP contribution in [0.5, 0.6) is 0 Å². The van der Waals surface area contributed by atoms with Crippen molar-refractivity contribution in [1.82, 2.24) is 5.32 Å². The van der Waals surface area contributed by atoms with Crippen molar-refractivity contribution in [2.24, 2.45) is 5.92 Å². The van der Waals surface area contributed by atoms with Crippen LogP contribution in [0.4, 0.5) is 4.39 Å². The highest BCUT2D eigenvalue weighted by Crippen LogP contribution is 2.26. The van der Waals surface area contributed by atoms with Crippen LogP contribution in [0.15, 0.2) is 35.7 Å². The summed E-state index contributed by atoms with van der Waals surface area (Å²) in [4.78, 5) is 0. The van der Waals surface area contributed by atoms with Gasteiger partial charge < -0.3 is 5.32 Å². The van der Waals surface area contributed by atoms with Gasteiger partial charge in [-0.1, -0.05) is 17.7 Å². The zero-order valence-corrected chi connectivity index (χ0v) is 8.30. The fourth-order valence-corrected chi connectivity index (χ4v) is 2.11. The van der Waals surface area contributed by atoms with Gasteiger partial charge >= 0.3 is 0 Å². The fraction of sp³-hybridized carbons (Fsp3) is 0.500. The molecular weight excluding hydrogens is 177 g/mol. The molecule has 1 aliphatic heterocycles. The summed E-state index contributed by atoms with van der Waals surface area (Å²) in [6.45, 7) is 2.19. The second-order valence-corrected chi connectivity index (χ2v) is 3.92. The molecule has 0 aromatic heterocycles. The first-order chi connectivity index (χ1) is 6.86. The lowest BCUT2D eigenvalue weighted by molar-refractivity contribution is 0.416. The van der Waals surface area contributed by atoms with Gasteiger partial charge in [-0.2, -0.15) is 0 Å². The monoisotopic (exact) mass is 193 g/mol. The van der Waals surface area contributed by atoms with Crippen molar-refractivity contribution in [3.05, 3.63) is 35.7 Å². The Bertz CT molecular complexity index is 283. The van der Waals surface area contributed by atoms with Crippen molar-refractivity contribution in [2.75, 3.05) is 13.1 Å². The smallest absolute Gasteiger partial charge is 0.122 e. The number of nitrogens with one attached hydrogen (secondary N) is 1. The first kappa shape index (κ1) is 9.66. The molecule has 0 saturated carbocycles. The van der Waals surface area contributed by atoms with Gasteiger partial charge in [-0.3, -0.25) is 0 Å². The molecule has 76 valence electrons. The predicted molar refractivity (Wildman–Crippen MR) is 56.6 cm³/mol. The van der Waals surface area contributed by atoms with Crippen LogP contribution in [0.2, 0.25) is 0 Å². The predicted octanol–water partition coefficient (Wildman–Crippen LogP) is 2.73. The van der Waals surface area contributed by atoms with E-state index in [-0.39, 0.29) is 5.83 Å². The van der Waals surface area contributed by atoms with E-state index >= 15 is 0 Å². The lowest BCUT2D eigenvalue weighted by Crippen LogP contribution is -2.28. The van der Waals surface area contributed by atoms with Crippen LogP contribution >= 0.6 is 0 Å². The van der Waals surface area contributed by atoms with Crippen LogP contribution < -0.4 is 5.32 Å². The van der Waals surface area contributed by atoms with Gasteiger partial charge in [-0.05, 0) is 50.4 Å². The summed E-state index contributed by atoms with van der Waals surface area (Å²) in [6.07, 6.45) is 10.3. The van der Waals surface area contributed by atoms with Gasteiger partial charge in [0, 0.05) is 0 Å². The number of hydrogen-bond donors (Lipinski definition) is 1. The van der Waals surface area contributed by atoms with E-state index < -0.39 is 0 Å². The Morgan fingerprint density at radius 3 is 2.79 bits per heavy atom. The summed E-state index contributed by atoms with van der Waals surface area (Å²) in [5.74, 6) is 0.525. The Hall–Kier alpha value is -0.890. The first-order valence-corrected chi connectivity index (χ1v) is 5.30. The molecule has 1 heterocycles. The van der Waals surface area contributed by atoms with Crippen LogP contribution in [0, 0.1) is 5.92 Å². The first-order valence-electron chi connectivity index (χ1n) is 5.30. The normalized spacial score (nSPS) is 24.1. The highest BCUT2D eigenvalue weighted by atomic mass is 19.1. The maximum Gasteiger partial charge on any atom is 0.122 e. The molecule has 0 atom stereocenters. The van der Waals surface area contributed by atoms with Crippen LogP contribution in [0.3, 0.4) is 0 Å². The lowest BCUT2D eigenvalue weighted by atomic mass is 9.88. The summed E-state index contributed by atoms with van der Waals surface area (Å²) in [6, 6.07) is 0. The van der Waals surface area contributed by atoms with Gasteiger partial charge in [0.25, 0.3) is 0 Å². The van der Waals surface area contributed by atoms with Gasteiger partial charge in [0.2, 0.25) is 0 Å². The van der Waals surface area contributed by atoms with Gasteiger partial charge in [-0.15, -0.1) is 0 Å². The molecule has 0 unspecified atom stereocenters. The molecule has 14 heavy (non-hydrogen) atoms. The maximum absolute atomic E-state index is 12.9. The minimum atomic E-state index is -0.131. The Labute approximate surface area is 84.4 Å². The third-order valence-electron chi connectivity index (χ3n) is 2.95. The van der Waals surface area contributed by atoms with Gasteiger partial charge in [0.1, 0.15) is 5.83 Å². The molecule has 2 rings (SSSR count). The molecule has 0 radical (unpaired) electrons. The number of allylic oxidation sites excluding steroid dienone is 6. The van der Waals surface area contributed by atoms with Crippen LogP contribution in [-0.4, -0.2) is 13.1 Å². The Morgan fingerprint density at radius 1 is 1.21 bits per heavy atom. The summed E-state index contributed by atoms with van der Waals surface area (Å²) >= 11 is 0. The minimum absolute atomic E-state index is 0.131. The zero-order valence-electron chi connectivity index (χ0n) is 8.30. The van der Waals surface area contributed by atoms with E-state index in [1.54, 1.807) is 12.2 Å². The van der Waals surface area contributed by atoms with E-state index in [1.165, 1.54) is 18.4 Å². The van der Waals surface area contributed by atoms with E-state index in [9.17, 15) is 4.39 Å². The maximum atomic E-state index is 12.9. The molecule has 0 spiro atoms. The third-order valence-corrected chi connectivity index (χ3v) is 2.95. The molecule has 0 aromatic rings. The molecule has 0 aromatic carbocycles. The van der Waals surface area contributed by atoms with Crippen LogP contribution in [-0.2, 0) is 0 Å². The number of piperidine rings is 1. The highest BCUT2D eigenvalue weighted by molar-refractivity contribution is 5.28. The van der Waals surface area contributed by atoms with Gasteiger partial charge in [0.15, 0.2) is 0 Å². The largest absolute Gasteiger partial charge is 0.317 e. The molecule has 2 heteroatoms. The van der Waals surface area contributed by atoms with Gasteiger partial charge in [0.05, 0.1) is 0 Å². The standard InChI is InChI=1S/C12H16FN/c13-12-3-1-2-10(4-5-12)11-6-8-14-9-7-11/h1,3-5,11,14H,2,6-9H2. The van der Waals surface area contributed by atoms with Crippen molar-refractivity contribution in [1.29, 1.82) is 0 Å². The van der Waals surface area contributed by atoms with E-state index in [0.29, 0.717) is 5.92 Å². The molecular formula is C12H16FN. The zero-order chi connectivity index (χ0) is 9.80. The van der Waals surface area contributed by atoms with Crippen LogP contribution in [0.1, 0.15) is 19.3 Å². The van der Waals surface area contributed by atoms with Crippen molar-refractivity contribution < 1.29 is 4.39 Å². The summed E-state index contributed by atoms with van der Waals surface area (Å²) in [5.41, 5.74) is 1.38. The summed E-state index contributed by atoms with van der Waals surface area (Å²) < 4.78 is 12.9. The number of halogens is 1. The Balaban J connectivity index is 2.06. The molecule has 1 fully saturated rings. The second kappa shape index (κ2) is 4.56. The summed E-state index contributed by atoms with van der Waals surface area (Å²) in [7, 11) is 0. The van der Waals surface area contributed by atoms with Crippen molar-refractivity contribution in [2.45, 2.75) is 19.3 Å². The molecule has 0 bridgehead atoms. The van der Waals surface area contributed by atoms with E-state index in [2.05, 4.69) is 5.32 Å². The van der Waals surface area contributed by atoms with Crippen molar-refractivity contribution in [3.8, 4) is 0 Å².